The van der Waals surface area contributed by atoms with Crippen LogP contribution >= 0.6 is 34.3 Å². The highest BCUT2D eigenvalue weighted by Gasteiger charge is 2.15. The zero-order valence-corrected chi connectivity index (χ0v) is 18.0. The number of aromatic nitrogens is 2. The van der Waals surface area contributed by atoms with Crippen LogP contribution in [-0.4, -0.2) is 25.5 Å². The molecule has 0 saturated carbocycles. The van der Waals surface area contributed by atoms with Gasteiger partial charge in [-0.15, -0.1) is 22.7 Å². The second-order valence-electron chi connectivity index (χ2n) is 6.30. The molecule has 0 aromatic carbocycles. The summed E-state index contributed by atoms with van der Waals surface area (Å²) in [6.07, 6.45) is 1.95. The molecule has 8 heteroatoms. The Balaban J connectivity index is 0.000000161. The van der Waals surface area contributed by atoms with Gasteiger partial charge >= 0.3 is 5.97 Å². The molecule has 5 nitrogen and oxygen atoms in total. The van der Waals surface area contributed by atoms with E-state index in [1.807, 2.05) is 45.0 Å². The van der Waals surface area contributed by atoms with Crippen LogP contribution in [-0.2, 0) is 13.1 Å². The molecule has 0 atom stereocenters. The summed E-state index contributed by atoms with van der Waals surface area (Å²) in [5.74, 6) is -0.846. The summed E-state index contributed by atoms with van der Waals surface area (Å²) in [7, 11) is 0. The number of carbonyl (C=O) groups excluding carboxylic acids is 1. The zero-order valence-electron chi connectivity index (χ0n) is 15.6. The van der Waals surface area contributed by atoms with Gasteiger partial charge in [0.2, 0.25) is 0 Å². The van der Waals surface area contributed by atoms with E-state index >= 15 is 0 Å². The molecular formula is C20H21ClN2O3S2. The van der Waals surface area contributed by atoms with Crippen LogP contribution in [0.3, 0.4) is 0 Å². The molecule has 4 aromatic heterocycles. The van der Waals surface area contributed by atoms with Crippen molar-refractivity contribution in [2.75, 3.05) is 0 Å². The van der Waals surface area contributed by atoms with Crippen molar-refractivity contribution in [2.24, 2.45) is 0 Å². The van der Waals surface area contributed by atoms with Gasteiger partial charge < -0.3 is 14.2 Å². The van der Waals surface area contributed by atoms with Crippen molar-refractivity contribution >= 4 is 65.9 Å². The topological polar surface area (TPSA) is 64.2 Å². The Morgan fingerprint density at radius 2 is 1.39 bits per heavy atom. The molecule has 148 valence electrons. The molecule has 4 rings (SSSR count). The summed E-state index contributed by atoms with van der Waals surface area (Å²) >= 11 is 8.75. The minimum absolute atomic E-state index is 0.373. The molecule has 0 aliphatic rings. The third kappa shape index (κ3) is 4.01. The summed E-state index contributed by atoms with van der Waals surface area (Å²) in [5, 5.41) is 14.8. The number of carboxylic acids is 1. The molecule has 0 unspecified atom stereocenters. The Morgan fingerprint density at radius 1 is 0.929 bits per heavy atom. The van der Waals surface area contributed by atoms with Gasteiger partial charge in [-0.1, -0.05) is 13.8 Å². The van der Waals surface area contributed by atoms with Gasteiger partial charge in [0.05, 0.1) is 0 Å². The molecule has 1 N–H and O–H groups in total. The highest BCUT2D eigenvalue weighted by Crippen LogP contribution is 2.27. The molecule has 0 spiro atoms. The second kappa shape index (κ2) is 8.94. The molecule has 4 aromatic rings. The number of halogens is 1. The first-order valence-electron chi connectivity index (χ1n) is 9.04. The molecule has 0 fully saturated rings. The molecule has 0 radical (unpaired) electrons. The molecular weight excluding hydrogens is 416 g/mol. The SMILES string of the molecule is CCCn1c(C(=O)Cl)cc2ccsc21.CCCn1c(C(=O)O)cc2ccsc21. The van der Waals surface area contributed by atoms with Gasteiger partial charge in [0.1, 0.15) is 21.0 Å². The predicted octanol–water partition coefficient (Wildman–Crippen LogP) is 6.30. The van der Waals surface area contributed by atoms with E-state index in [4.69, 9.17) is 16.7 Å². The van der Waals surface area contributed by atoms with E-state index in [1.54, 1.807) is 28.7 Å². The number of rotatable bonds is 6. The van der Waals surface area contributed by atoms with Crippen LogP contribution in [0.15, 0.2) is 35.0 Å². The highest BCUT2D eigenvalue weighted by molar-refractivity contribution is 7.17. The minimum atomic E-state index is -0.846. The quantitative estimate of drug-likeness (QED) is 0.360. The lowest BCUT2D eigenvalue weighted by Gasteiger charge is -2.03. The molecule has 4 heterocycles. The number of hydrogen-bond acceptors (Lipinski definition) is 4. The molecule has 0 aliphatic carbocycles. The maximum atomic E-state index is 11.2. The fourth-order valence-corrected chi connectivity index (χ4v) is 5.18. The molecule has 0 bridgehead atoms. The number of carboxylic acid groups (broad SMARTS) is 1. The first-order valence-corrected chi connectivity index (χ1v) is 11.2. The zero-order chi connectivity index (χ0) is 20.3. The Hall–Kier alpha value is -2.09. The number of carbonyl (C=O) groups is 2. The lowest BCUT2D eigenvalue weighted by molar-refractivity contribution is 0.0685. The van der Waals surface area contributed by atoms with E-state index < -0.39 is 5.97 Å². The number of nitrogens with zero attached hydrogens (tertiary/aromatic N) is 2. The maximum Gasteiger partial charge on any atom is 0.352 e. The fourth-order valence-electron chi connectivity index (χ4n) is 3.18. The molecule has 0 saturated heterocycles. The normalized spacial score (nSPS) is 11.0. The van der Waals surface area contributed by atoms with Crippen molar-refractivity contribution in [3.8, 4) is 0 Å². The summed E-state index contributed by atoms with van der Waals surface area (Å²) in [5.41, 5.74) is 1.00. The van der Waals surface area contributed by atoms with E-state index in [0.29, 0.717) is 11.4 Å². The van der Waals surface area contributed by atoms with Crippen molar-refractivity contribution in [3.63, 3.8) is 0 Å². The largest absolute Gasteiger partial charge is 0.477 e. The van der Waals surface area contributed by atoms with Crippen LogP contribution in [0.25, 0.3) is 20.4 Å². The maximum absolute atomic E-state index is 11.2. The van der Waals surface area contributed by atoms with Gasteiger partial charge in [0, 0.05) is 23.9 Å². The summed E-state index contributed by atoms with van der Waals surface area (Å²) < 4.78 is 3.87. The monoisotopic (exact) mass is 436 g/mol. The molecule has 0 aliphatic heterocycles. The first-order chi connectivity index (χ1) is 13.5. The lowest BCUT2D eigenvalue weighted by atomic mass is 10.3. The van der Waals surface area contributed by atoms with E-state index in [1.165, 1.54) is 0 Å². The van der Waals surface area contributed by atoms with Crippen LogP contribution in [0.4, 0.5) is 0 Å². The number of hydrogen-bond donors (Lipinski definition) is 1. The third-order valence-corrected chi connectivity index (χ3v) is 6.42. The molecule has 28 heavy (non-hydrogen) atoms. The van der Waals surface area contributed by atoms with E-state index in [2.05, 4.69) is 6.92 Å². The van der Waals surface area contributed by atoms with Crippen molar-refractivity contribution in [3.05, 3.63) is 46.4 Å². The summed E-state index contributed by atoms with van der Waals surface area (Å²) in [6, 6.07) is 7.56. The van der Waals surface area contributed by atoms with Crippen molar-refractivity contribution < 1.29 is 14.7 Å². The highest BCUT2D eigenvalue weighted by atomic mass is 35.5. The van der Waals surface area contributed by atoms with Crippen molar-refractivity contribution in [1.82, 2.24) is 9.13 Å². The number of aryl methyl sites for hydroxylation is 2. The summed E-state index contributed by atoms with van der Waals surface area (Å²) in [6.45, 7) is 5.75. The van der Waals surface area contributed by atoms with Crippen LogP contribution in [0, 0.1) is 0 Å². The van der Waals surface area contributed by atoms with Crippen LogP contribution in [0.1, 0.15) is 47.7 Å². The van der Waals surface area contributed by atoms with Gasteiger partial charge in [-0.3, -0.25) is 4.79 Å². The van der Waals surface area contributed by atoms with Gasteiger partial charge in [-0.25, -0.2) is 4.79 Å². The first kappa shape index (κ1) is 20.6. The van der Waals surface area contributed by atoms with Gasteiger partial charge in [0.25, 0.3) is 5.24 Å². The average Bonchev–Trinajstić information content (AvgIpc) is 3.38. The Bertz CT molecular complexity index is 1030. The fraction of sp³-hybridized carbons (Fsp3) is 0.300. The van der Waals surface area contributed by atoms with E-state index in [9.17, 15) is 9.59 Å². The summed E-state index contributed by atoms with van der Waals surface area (Å²) in [4.78, 5) is 24.3. The molecule has 0 amide bonds. The Kier molecular flexibility index (Phi) is 6.59. The van der Waals surface area contributed by atoms with Crippen LogP contribution in [0.5, 0.6) is 0 Å². The van der Waals surface area contributed by atoms with Crippen molar-refractivity contribution in [1.29, 1.82) is 0 Å². The third-order valence-electron chi connectivity index (χ3n) is 4.32. The standard InChI is InChI=1S/C10H10ClNOS.C10H11NO2S/c1-2-4-12-8(9(11)13)6-7-3-5-14-10(7)12;1-2-4-11-8(10(12)13)6-7-3-5-14-9(7)11/h3,5-6H,2,4H2,1H3;3,5-6H,2,4H2,1H3,(H,12,13). The van der Waals surface area contributed by atoms with Gasteiger partial charge in [0.15, 0.2) is 0 Å². The smallest absolute Gasteiger partial charge is 0.352 e. The Labute approximate surface area is 175 Å². The number of thiophene rings is 2. The van der Waals surface area contributed by atoms with Crippen LogP contribution < -0.4 is 0 Å². The predicted molar refractivity (Wildman–Crippen MR) is 117 cm³/mol. The second-order valence-corrected chi connectivity index (χ2v) is 8.44. The van der Waals surface area contributed by atoms with Gasteiger partial charge in [-0.05, 0) is 59.5 Å². The lowest BCUT2D eigenvalue weighted by Crippen LogP contribution is -2.07. The number of aromatic carboxylic acids is 1. The average molecular weight is 437 g/mol. The Morgan fingerprint density at radius 3 is 1.82 bits per heavy atom. The minimum Gasteiger partial charge on any atom is -0.477 e. The van der Waals surface area contributed by atoms with Crippen molar-refractivity contribution in [2.45, 2.75) is 39.8 Å². The van der Waals surface area contributed by atoms with E-state index in [-0.39, 0.29) is 5.24 Å². The van der Waals surface area contributed by atoms with E-state index in [0.717, 1.165) is 46.4 Å². The van der Waals surface area contributed by atoms with Crippen LogP contribution in [0.2, 0.25) is 0 Å². The number of fused-ring (bicyclic) bond motifs is 2. The van der Waals surface area contributed by atoms with Gasteiger partial charge in [-0.2, -0.15) is 0 Å².